The molecule has 2 heterocycles. The molecular weight excluding hydrogens is 270 g/mol. The van der Waals surface area contributed by atoms with Crippen molar-refractivity contribution in [2.75, 3.05) is 50.6 Å². The third-order valence-electron chi connectivity index (χ3n) is 3.58. The Kier molecular flexibility index (Phi) is 4.82. The standard InChI is InChI=1S/C14H23N5O2/c1-10(2)11-9-12(17-13(15-3)16-11)18-5-7-19(8-6-18)14(20)21-4/h9-10H,5-8H2,1-4H3,(H,15,16,17). The zero-order chi connectivity index (χ0) is 15.4. The molecule has 7 heteroatoms. The predicted molar refractivity (Wildman–Crippen MR) is 81.9 cm³/mol. The second-order valence-electron chi connectivity index (χ2n) is 5.32. The second kappa shape index (κ2) is 6.60. The SMILES string of the molecule is CNc1nc(C(C)C)cc(N2CCN(C(=O)OC)CC2)n1. The molecule has 1 aromatic rings. The topological polar surface area (TPSA) is 70.6 Å². The summed E-state index contributed by atoms with van der Waals surface area (Å²) in [4.78, 5) is 24.4. The van der Waals surface area contributed by atoms with E-state index in [1.807, 2.05) is 13.1 Å². The molecule has 1 fully saturated rings. The summed E-state index contributed by atoms with van der Waals surface area (Å²) in [5.41, 5.74) is 1.01. The van der Waals surface area contributed by atoms with Crippen LogP contribution in [0.2, 0.25) is 0 Å². The van der Waals surface area contributed by atoms with Gasteiger partial charge in [0.25, 0.3) is 0 Å². The highest BCUT2D eigenvalue weighted by atomic mass is 16.5. The van der Waals surface area contributed by atoms with Gasteiger partial charge in [-0.1, -0.05) is 13.8 Å². The van der Waals surface area contributed by atoms with Gasteiger partial charge < -0.3 is 19.9 Å². The molecular formula is C14H23N5O2. The van der Waals surface area contributed by atoms with Crippen LogP contribution in [-0.2, 0) is 4.74 Å². The zero-order valence-corrected chi connectivity index (χ0v) is 13.1. The largest absolute Gasteiger partial charge is 0.453 e. The number of carbonyl (C=O) groups excluding carboxylic acids is 1. The molecule has 0 atom stereocenters. The average molecular weight is 293 g/mol. The Bertz CT molecular complexity index is 498. The van der Waals surface area contributed by atoms with E-state index in [0.717, 1.165) is 24.6 Å². The van der Waals surface area contributed by atoms with E-state index in [-0.39, 0.29) is 6.09 Å². The smallest absolute Gasteiger partial charge is 0.409 e. The van der Waals surface area contributed by atoms with Gasteiger partial charge in [-0.2, -0.15) is 4.98 Å². The predicted octanol–water partition coefficient (Wildman–Crippen LogP) is 1.53. The number of nitrogens with zero attached hydrogens (tertiary/aromatic N) is 4. The summed E-state index contributed by atoms with van der Waals surface area (Å²) in [7, 11) is 3.23. The first kappa shape index (κ1) is 15.3. The molecule has 1 N–H and O–H groups in total. The number of methoxy groups -OCH3 is 1. The first-order chi connectivity index (χ1) is 10.0. The number of carbonyl (C=O) groups is 1. The van der Waals surface area contributed by atoms with Crippen LogP contribution in [0.15, 0.2) is 6.07 Å². The van der Waals surface area contributed by atoms with Gasteiger partial charge in [-0.15, -0.1) is 0 Å². The number of rotatable bonds is 3. The first-order valence-electron chi connectivity index (χ1n) is 7.19. The van der Waals surface area contributed by atoms with Gasteiger partial charge in [0.15, 0.2) is 0 Å². The third kappa shape index (κ3) is 3.53. The van der Waals surface area contributed by atoms with E-state index in [1.54, 1.807) is 4.90 Å². The minimum Gasteiger partial charge on any atom is -0.453 e. The van der Waals surface area contributed by atoms with Crippen molar-refractivity contribution in [3.8, 4) is 0 Å². The molecule has 1 aliphatic rings. The van der Waals surface area contributed by atoms with Gasteiger partial charge in [-0.25, -0.2) is 9.78 Å². The molecule has 1 aliphatic heterocycles. The van der Waals surface area contributed by atoms with E-state index in [0.29, 0.717) is 25.0 Å². The minimum absolute atomic E-state index is 0.267. The van der Waals surface area contributed by atoms with Crippen LogP contribution in [0.4, 0.5) is 16.6 Å². The van der Waals surface area contributed by atoms with Crippen molar-refractivity contribution in [3.63, 3.8) is 0 Å². The maximum Gasteiger partial charge on any atom is 0.409 e. The Morgan fingerprint density at radius 3 is 2.48 bits per heavy atom. The first-order valence-corrected chi connectivity index (χ1v) is 7.19. The molecule has 0 aliphatic carbocycles. The minimum atomic E-state index is -0.267. The number of ether oxygens (including phenoxy) is 1. The van der Waals surface area contributed by atoms with Crippen molar-refractivity contribution in [2.24, 2.45) is 0 Å². The van der Waals surface area contributed by atoms with Crippen molar-refractivity contribution in [3.05, 3.63) is 11.8 Å². The van der Waals surface area contributed by atoms with Crippen LogP contribution in [-0.4, -0.2) is 61.3 Å². The Morgan fingerprint density at radius 1 is 1.29 bits per heavy atom. The van der Waals surface area contributed by atoms with Gasteiger partial charge >= 0.3 is 6.09 Å². The highest BCUT2D eigenvalue weighted by Crippen LogP contribution is 2.21. The number of hydrogen-bond acceptors (Lipinski definition) is 6. The number of nitrogens with one attached hydrogen (secondary N) is 1. The van der Waals surface area contributed by atoms with Gasteiger partial charge in [0.05, 0.1) is 12.8 Å². The van der Waals surface area contributed by atoms with Crippen molar-refractivity contribution in [1.29, 1.82) is 0 Å². The fourth-order valence-corrected chi connectivity index (χ4v) is 2.27. The summed E-state index contributed by atoms with van der Waals surface area (Å²) in [6, 6.07) is 2.03. The van der Waals surface area contributed by atoms with Crippen LogP contribution in [0.25, 0.3) is 0 Å². The summed E-state index contributed by atoms with van der Waals surface area (Å²) in [5.74, 6) is 1.88. The van der Waals surface area contributed by atoms with Crippen molar-refractivity contribution in [2.45, 2.75) is 19.8 Å². The van der Waals surface area contributed by atoms with E-state index in [1.165, 1.54) is 7.11 Å². The van der Waals surface area contributed by atoms with Gasteiger partial charge in [0.2, 0.25) is 5.95 Å². The Hall–Kier alpha value is -2.05. The number of aromatic nitrogens is 2. The zero-order valence-electron chi connectivity index (χ0n) is 13.1. The quantitative estimate of drug-likeness (QED) is 0.911. The van der Waals surface area contributed by atoms with Crippen LogP contribution in [0, 0.1) is 0 Å². The molecule has 116 valence electrons. The number of hydrogen-bond donors (Lipinski definition) is 1. The molecule has 1 aromatic heterocycles. The molecule has 0 bridgehead atoms. The lowest BCUT2D eigenvalue weighted by molar-refractivity contribution is 0.121. The molecule has 1 saturated heterocycles. The third-order valence-corrected chi connectivity index (χ3v) is 3.58. The summed E-state index contributed by atoms with van der Waals surface area (Å²) >= 11 is 0. The maximum absolute atomic E-state index is 11.5. The van der Waals surface area contributed by atoms with Crippen molar-refractivity contribution < 1.29 is 9.53 Å². The molecule has 0 radical (unpaired) electrons. The molecule has 1 amide bonds. The molecule has 0 aromatic carbocycles. The van der Waals surface area contributed by atoms with Gasteiger partial charge in [0.1, 0.15) is 5.82 Å². The summed E-state index contributed by atoms with van der Waals surface area (Å²) in [6.07, 6.45) is -0.267. The highest BCUT2D eigenvalue weighted by molar-refractivity contribution is 5.67. The second-order valence-corrected chi connectivity index (χ2v) is 5.32. The van der Waals surface area contributed by atoms with Crippen LogP contribution in [0.1, 0.15) is 25.5 Å². The molecule has 0 unspecified atom stereocenters. The Balaban J connectivity index is 2.12. The fourth-order valence-electron chi connectivity index (χ4n) is 2.27. The van der Waals surface area contributed by atoms with E-state index in [4.69, 9.17) is 4.74 Å². The van der Waals surface area contributed by atoms with E-state index in [2.05, 4.69) is 34.0 Å². The number of amides is 1. The summed E-state index contributed by atoms with van der Waals surface area (Å²) in [5, 5.41) is 3.00. The van der Waals surface area contributed by atoms with E-state index >= 15 is 0 Å². The lowest BCUT2D eigenvalue weighted by Crippen LogP contribution is -2.49. The molecule has 21 heavy (non-hydrogen) atoms. The van der Waals surface area contributed by atoms with Crippen molar-refractivity contribution in [1.82, 2.24) is 14.9 Å². The van der Waals surface area contributed by atoms with Crippen LogP contribution in [0.3, 0.4) is 0 Å². The fraction of sp³-hybridized carbons (Fsp3) is 0.643. The Labute approximate surface area is 125 Å². The van der Waals surface area contributed by atoms with E-state index in [9.17, 15) is 4.79 Å². The molecule has 2 rings (SSSR count). The molecule has 7 nitrogen and oxygen atoms in total. The summed E-state index contributed by atoms with van der Waals surface area (Å²) in [6.45, 7) is 6.99. The lowest BCUT2D eigenvalue weighted by Gasteiger charge is -2.34. The van der Waals surface area contributed by atoms with Crippen molar-refractivity contribution >= 4 is 17.9 Å². The van der Waals surface area contributed by atoms with Crippen LogP contribution < -0.4 is 10.2 Å². The van der Waals surface area contributed by atoms with Crippen LogP contribution >= 0.6 is 0 Å². The molecule has 0 saturated carbocycles. The van der Waals surface area contributed by atoms with E-state index < -0.39 is 0 Å². The lowest BCUT2D eigenvalue weighted by atomic mass is 10.1. The average Bonchev–Trinajstić information content (AvgIpc) is 2.53. The van der Waals surface area contributed by atoms with Gasteiger partial charge in [0, 0.05) is 39.3 Å². The summed E-state index contributed by atoms with van der Waals surface area (Å²) < 4.78 is 4.75. The monoisotopic (exact) mass is 293 g/mol. The van der Waals surface area contributed by atoms with Gasteiger partial charge in [-0.05, 0) is 5.92 Å². The number of anilines is 2. The van der Waals surface area contributed by atoms with Gasteiger partial charge in [-0.3, -0.25) is 0 Å². The molecule has 0 spiro atoms. The maximum atomic E-state index is 11.5. The normalized spacial score (nSPS) is 15.3. The van der Waals surface area contributed by atoms with Crippen LogP contribution in [0.5, 0.6) is 0 Å². The highest BCUT2D eigenvalue weighted by Gasteiger charge is 2.23. The Morgan fingerprint density at radius 2 is 1.95 bits per heavy atom. The number of piperazine rings is 1.